The Kier molecular flexibility index (Phi) is 5.67. The van der Waals surface area contributed by atoms with Crippen LogP contribution in [0, 0.1) is 0 Å². The maximum atomic E-state index is 11.6. The van der Waals surface area contributed by atoms with Gasteiger partial charge >= 0.3 is 12.0 Å². The van der Waals surface area contributed by atoms with Crippen LogP contribution in [0.15, 0.2) is 24.3 Å². The van der Waals surface area contributed by atoms with Crippen molar-refractivity contribution >= 4 is 23.5 Å². The van der Waals surface area contributed by atoms with Gasteiger partial charge in [-0.3, -0.25) is 4.79 Å². The van der Waals surface area contributed by atoms with Gasteiger partial charge in [-0.05, 0) is 19.1 Å². The second-order valence-electron chi connectivity index (χ2n) is 4.14. The van der Waals surface area contributed by atoms with Crippen LogP contribution in [-0.4, -0.2) is 40.6 Å². The van der Waals surface area contributed by atoms with Crippen LogP contribution in [0.1, 0.15) is 23.7 Å². The molecule has 0 aliphatic carbocycles. The normalized spacial score (nSPS) is 11.5. The number of hydrogen-bond donors (Lipinski definition) is 4. The third-order valence-electron chi connectivity index (χ3n) is 2.55. The Bertz CT molecular complexity index is 515. The summed E-state index contributed by atoms with van der Waals surface area (Å²) in [5, 5.41) is 22.2. The molecule has 0 aromatic heterocycles. The van der Waals surface area contributed by atoms with E-state index in [2.05, 4.69) is 10.6 Å². The average molecular weight is 280 g/mol. The molecule has 1 rings (SSSR count). The molecule has 0 saturated carbocycles. The molecule has 1 atom stereocenters. The van der Waals surface area contributed by atoms with Gasteiger partial charge in [0, 0.05) is 24.3 Å². The highest BCUT2D eigenvalue weighted by Gasteiger charge is 2.19. The number of hydrogen-bond acceptors (Lipinski definition) is 4. The molecule has 0 spiro atoms. The zero-order valence-corrected chi connectivity index (χ0v) is 10.9. The zero-order valence-electron chi connectivity index (χ0n) is 10.9. The van der Waals surface area contributed by atoms with E-state index in [4.69, 9.17) is 10.2 Å². The summed E-state index contributed by atoms with van der Waals surface area (Å²) in [6, 6.07) is 4.39. The molecule has 0 bridgehead atoms. The minimum atomic E-state index is -1.23. The van der Waals surface area contributed by atoms with Crippen molar-refractivity contribution in [3.63, 3.8) is 0 Å². The number of amides is 2. The first-order valence-electron chi connectivity index (χ1n) is 5.96. The SMILES string of the molecule is CC(=O)c1cccc(NC(=O)N[C@@H](CCO)C(=O)O)c1. The summed E-state index contributed by atoms with van der Waals surface area (Å²) < 4.78 is 0. The largest absolute Gasteiger partial charge is 0.480 e. The van der Waals surface area contributed by atoms with Crippen LogP contribution in [0.3, 0.4) is 0 Å². The number of urea groups is 1. The van der Waals surface area contributed by atoms with Crippen LogP contribution in [0.2, 0.25) is 0 Å². The summed E-state index contributed by atoms with van der Waals surface area (Å²) in [5.41, 5.74) is 0.816. The molecule has 0 aliphatic rings. The third-order valence-corrected chi connectivity index (χ3v) is 2.55. The number of rotatable bonds is 6. The van der Waals surface area contributed by atoms with Crippen molar-refractivity contribution in [2.24, 2.45) is 0 Å². The number of carboxylic acids is 1. The maximum Gasteiger partial charge on any atom is 0.326 e. The lowest BCUT2D eigenvalue weighted by molar-refractivity contribution is -0.139. The summed E-state index contributed by atoms with van der Waals surface area (Å²) in [5.74, 6) is -1.37. The number of carbonyl (C=O) groups is 3. The fourth-order valence-corrected chi connectivity index (χ4v) is 1.53. The smallest absolute Gasteiger partial charge is 0.326 e. The van der Waals surface area contributed by atoms with E-state index in [1.165, 1.54) is 13.0 Å². The van der Waals surface area contributed by atoms with Crippen molar-refractivity contribution < 1.29 is 24.6 Å². The number of anilines is 1. The molecular formula is C13H16N2O5. The minimum Gasteiger partial charge on any atom is -0.480 e. The molecule has 4 N–H and O–H groups in total. The highest BCUT2D eigenvalue weighted by atomic mass is 16.4. The predicted octanol–water partition coefficient (Wildman–Crippen LogP) is 0.846. The molecule has 0 aliphatic heterocycles. The quantitative estimate of drug-likeness (QED) is 0.576. The zero-order chi connectivity index (χ0) is 15.1. The summed E-state index contributed by atoms with van der Waals surface area (Å²) in [4.78, 5) is 33.7. The van der Waals surface area contributed by atoms with Crippen LogP contribution in [0.25, 0.3) is 0 Å². The lowest BCUT2D eigenvalue weighted by Gasteiger charge is -2.14. The molecule has 0 fully saturated rings. The van der Waals surface area contributed by atoms with Gasteiger partial charge in [-0.2, -0.15) is 0 Å². The second kappa shape index (κ2) is 7.25. The first kappa shape index (κ1) is 15.6. The standard InChI is InChI=1S/C13H16N2O5/c1-8(17)9-3-2-4-10(7-9)14-13(20)15-11(5-6-16)12(18)19/h2-4,7,11,16H,5-6H2,1H3,(H,18,19)(H2,14,15,20)/t11-/m0/s1. The lowest BCUT2D eigenvalue weighted by Crippen LogP contribution is -2.43. The van der Waals surface area contributed by atoms with Crippen LogP contribution < -0.4 is 10.6 Å². The van der Waals surface area contributed by atoms with Crippen LogP contribution in [0.4, 0.5) is 10.5 Å². The van der Waals surface area contributed by atoms with Gasteiger partial charge in [-0.1, -0.05) is 12.1 Å². The molecule has 0 unspecified atom stereocenters. The van der Waals surface area contributed by atoms with E-state index in [1.54, 1.807) is 18.2 Å². The van der Waals surface area contributed by atoms with E-state index in [0.29, 0.717) is 11.3 Å². The van der Waals surface area contributed by atoms with Gasteiger partial charge in [-0.15, -0.1) is 0 Å². The second-order valence-corrected chi connectivity index (χ2v) is 4.14. The Labute approximate surface area is 115 Å². The number of Topliss-reactive ketones (excluding diaryl/α,β-unsaturated/α-hetero) is 1. The van der Waals surface area contributed by atoms with E-state index in [-0.39, 0.29) is 18.8 Å². The highest BCUT2D eigenvalue weighted by molar-refractivity contribution is 5.97. The average Bonchev–Trinajstić information content (AvgIpc) is 2.38. The summed E-state index contributed by atoms with van der Waals surface area (Å²) in [7, 11) is 0. The molecule has 1 aromatic carbocycles. The number of aliphatic carboxylic acids is 1. The Morgan fingerprint density at radius 3 is 2.55 bits per heavy atom. The Morgan fingerprint density at radius 1 is 1.30 bits per heavy atom. The topological polar surface area (TPSA) is 116 Å². The van der Waals surface area contributed by atoms with E-state index in [1.807, 2.05) is 0 Å². The van der Waals surface area contributed by atoms with Crippen molar-refractivity contribution in [3.05, 3.63) is 29.8 Å². The molecule has 2 amide bonds. The summed E-state index contributed by atoms with van der Waals surface area (Å²) in [6.45, 7) is 1.05. The monoisotopic (exact) mass is 280 g/mol. The maximum absolute atomic E-state index is 11.6. The summed E-state index contributed by atoms with van der Waals surface area (Å²) >= 11 is 0. The number of carboxylic acid groups (broad SMARTS) is 1. The first-order chi connectivity index (χ1) is 9.43. The minimum absolute atomic E-state index is 0.0871. The Morgan fingerprint density at radius 2 is 2.00 bits per heavy atom. The number of aliphatic hydroxyl groups excluding tert-OH is 1. The van der Waals surface area contributed by atoms with E-state index < -0.39 is 18.0 Å². The predicted molar refractivity (Wildman–Crippen MR) is 71.7 cm³/mol. The van der Waals surface area contributed by atoms with Gasteiger partial charge in [0.1, 0.15) is 6.04 Å². The summed E-state index contributed by atoms with van der Waals surface area (Å²) in [6.07, 6.45) is -0.0871. The lowest BCUT2D eigenvalue weighted by atomic mass is 10.1. The van der Waals surface area contributed by atoms with Crippen molar-refractivity contribution in [1.29, 1.82) is 0 Å². The van der Waals surface area contributed by atoms with Gasteiger partial charge in [0.2, 0.25) is 0 Å². The number of aliphatic hydroxyl groups is 1. The fourth-order valence-electron chi connectivity index (χ4n) is 1.53. The van der Waals surface area contributed by atoms with Gasteiger partial charge in [0.05, 0.1) is 0 Å². The van der Waals surface area contributed by atoms with Gasteiger partial charge in [0.15, 0.2) is 5.78 Å². The van der Waals surface area contributed by atoms with Crippen LogP contribution >= 0.6 is 0 Å². The van der Waals surface area contributed by atoms with E-state index in [9.17, 15) is 14.4 Å². The van der Waals surface area contributed by atoms with Gasteiger partial charge in [-0.25, -0.2) is 9.59 Å². The molecule has 0 heterocycles. The Balaban J connectivity index is 2.68. The van der Waals surface area contributed by atoms with Gasteiger partial charge in [0.25, 0.3) is 0 Å². The molecule has 1 aromatic rings. The molecule has 108 valence electrons. The van der Waals surface area contributed by atoms with Crippen molar-refractivity contribution in [2.75, 3.05) is 11.9 Å². The molecular weight excluding hydrogens is 264 g/mol. The molecule has 7 heteroatoms. The number of benzene rings is 1. The van der Waals surface area contributed by atoms with E-state index in [0.717, 1.165) is 0 Å². The molecule has 0 radical (unpaired) electrons. The number of nitrogens with one attached hydrogen (secondary N) is 2. The molecule has 7 nitrogen and oxygen atoms in total. The van der Waals surface area contributed by atoms with E-state index >= 15 is 0 Å². The third kappa shape index (κ3) is 4.69. The fraction of sp³-hybridized carbons (Fsp3) is 0.308. The van der Waals surface area contributed by atoms with Crippen molar-refractivity contribution in [2.45, 2.75) is 19.4 Å². The molecule has 20 heavy (non-hydrogen) atoms. The van der Waals surface area contributed by atoms with Crippen molar-refractivity contribution in [1.82, 2.24) is 5.32 Å². The highest BCUT2D eigenvalue weighted by Crippen LogP contribution is 2.11. The number of ketones is 1. The van der Waals surface area contributed by atoms with Crippen LogP contribution in [0.5, 0.6) is 0 Å². The first-order valence-corrected chi connectivity index (χ1v) is 5.96. The Hall–Kier alpha value is -2.41. The van der Waals surface area contributed by atoms with Crippen LogP contribution in [-0.2, 0) is 4.79 Å². The number of carbonyl (C=O) groups excluding carboxylic acids is 2. The van der Waals surface area contributed by atoms with Crippen molar-refractivity contribution in [3.8, 4) is 0 Å². The van der Waals surface area contributed by atoms with Gasteiger partial charge < -0.3 is 20.8 Å². The molecule has 0 saturated heterocycles.